The molecule has 0 bridgehead atoms. The molecule has 1 atom stereocenters. The summed E-state index contributed by atoms with van der Waals surface area (Å²) in [5.41, 5.74) is 5.72. The second-order valence-corrected chi connectivity index (χ2v) is 5.89. The summed E-state index contributed by atoms with van der Waals surface area (Å²) in [4.78, 5) is 12.0. The molecule has 1 unspecified atom stereocenters. The quantitative estimate of drug-likeness (QED) is 0.740. The zero-order valence-electron chi connectivity index (χ0n) is 9.81. The number of nitrogens with one attached hydrogen (secondary N) is 1. The maximum Gasteiger partial charge on any atom is 0.227 e. The van der Waals surface area contributed by atoms with Crippen LogP contribution in [0.4, 0.5) is 0 Å². The van der Waals surface area contributed by atoms with Gasteiger partial charge in [-0.15, -0.1) is 0 Å². The van der Waals surface area contributed by atoms with Gasteiger partial charge in [0.15, 0.2) is 0 Å². The third kappa shape index (κ3) is 1.89. The van der Waals surface area contributed by atoms with Crippen molar-refractivity contribution in [1.82, 2.24) is 5.32 Å². The number of amides is 1. The summed E-state index contributed by atoms with van der Waals surface area (Å²) in [7, 11) is 0. The van der Waals surface area contributed by atoms with E-state index < -0.39 is 0 Å². The van der Waals surface area contributed by atoms with Crippen LogP contribution in [0.3, 0.4) is 0 Å². The van der Waals surface area contributed by atoms with Gasteiger partial charge in [0.05, 0.1) is 5.41 Å². The van der Waals surface area contributed by atoms with Gasteiger partial charge in [-0.1, -0.05) is 20.3 Å². The Kier molecular flexibility index (Phi) is 2.53. The van der Waals surface area contributed by atoms with Crippen molar-refractivity contribution in [3.63, 3.8) is 0 Å². The van der Waals surface area contributed by atoms with Gasteiger partial charge in [0.1, 0.15) is 0 Å². The zero-order valence-corrected chi connectivity index (χ0v) is 9.81. The third-order valence-corrected chi connectivity index (χ3v) is 4.29. The van der Waals surface area contributed by atoms with Crippen LogP contribution in [0.2, 0.25) is 0 Å². The molecule has 2 rings (SSSR count). The van der Waals surface area contributed by atoms with Crippen molar-refractivity contribution in [3.05, 3.63) is 0 Å². The molecule has 0 saturated heterocycles. The third-order valence-electron chi connectivity index (χ3n) is 4.29. The standard InChI is InChI=1S/C12H22N2O/c1-11(2)5-3-4-9(11)14-10(15)12(8-13)6-7-12/h9H,3-8,13H2,1-2H3,(H,14,15). The molecule has 2 aliphatic rings. The molecule has 0 aliphatic heterocycles. The van der Waals surface area contributed by atoms with Gasteiger partial charge in [-0.05, 0) is 31.1 Å². The highest BCUT2D eigenvalue weighted by Crippen LogP contribution is 2.46. The first-order valence-electron chi connectivity index (χ1n) is 6.01. The molecule has 0 aromatic heterocycles. The Bertz CT molecular complexity index is 269. The van der Waals surface area contributed by atoms with E-state index in [1.54, 1.807) is 0 Å². The highest BCUT2D eigenvalue weighted by atomic mass is 16.2. The number of carbonyl (C=O) groups is 1. The predicted molar refractivity (Wildman–Crippen MR) is 60.3 cm³/mol. The van der Waals surface area contributed by atoms with Crippen LogP contribution < -0.4 is 11.1 Å². The van der Waals surface area contributed by atoms with E-state index in [0.717, 1.165) is 19.3 Å². The minimum atomic E-state index is -0.196. The minimum Gasteiger partial charge on any atom is -0.352 e. The van der Waals surface area contributed by atoms with E-state index in [2.05, 4.69) is 19.2 Å². The Hall–Kier alpha value is -0.570. The van der Waals surface area contributed by atoms with Gasteiger partial charge in [0, 0.05) is 12.6 Å². The molecule has 0 aromatic carbocycles. The van der Waals surface area contributed by atoms with E-state index in [1.807, 2.05) is 0 Å². The molecule has 0 spiro atoms. The van der Waals surface area contributed by atoms with Crippen LogP contribution in [-0.2, 0) is 4.79 Å². The summed E-state index contributed by atoms with van der Waals surface area (Å²) in [5, 5.41) is 3.20. The highest BCUT2D eigenvalue weighted by Gasteiger charge is 2.50. The second kappa shape index (κ2) is 3.48. The lowest BCUT2D eigenvalue weighted by molar-refractivity contribution is -0.127. The number of hydrogen-bond acceptors (Lipinski definition) is 2. The number of rotatable bonds is 3. The van der Waals surface area contributed by atoms with Crippen LogP contribution in [-0.4, -0.2) is 18.5 Å². The average Bonchev–Trinajstić information content (AvgIpc) is 2.90. The Morgan fingerprint density at radius 2 is 2.07 bits per heavy atom. The number of hydrogen-bond donors (Lipinski definition) is 2. The second-order valence-electron chi connectivity index (χ2n) is 5.89. The smallest absolute Gasteiger partial charge is 0.227 e. The van der Waals surface area contributed by atoms with Gasteiger partial charge in [0.2, 0.25) is 5.91 Å². The Morgan fingerprint density at radius 1 is 1.40 bits per heavy atom. The number of nitrogens with two attached hydrogens (primary N) is 1. The average molecular weight is 210 g/mol. The Labute approximate surface area is 91.8 Å². The van der Waals surface area contributed by atoms with Crippen molar-refractivity contribution >= 4 is 5.91 Å². The molecule has 86 valence electrons. The van der Waals surface area contributed by atoms with Gasteiger partial charge in [-0.3, -0.25) is 4.79 Å². The van der Waals surface area contributed by atoms with Crippen LogP contribution in [0.15, 0.2) is 0 Å². The van der Waals surface area contributed by atoms with Crippen molar-refractivity contribution in [2.45, 2.75) is 52.0 Å². The summed E-state index contributed by atoms with van der Waals surface area (Å²) in [6, 6.07) is 0.356. The van der Waals surface area contributed by atoms with E-state index >= 15 is 0 Å². The largest absolute Gasteiger partial charge is 0.352 e. The van der Waals surface area contributed by atoms with E-state index in [1.165, 1.54) is 12.8 Å². The zero-order chi connectivity index (χ0) is 11.1. The van der Waals surface area contributed by atoms with Crippen molar-refractivity contribution in [2.24, 2.45) is 16.6 Å². The predicted octanol–water partition coefficient (Wildman–Crippen LogP) is 1.42. The van der Waals surface area contributed by atoms with Crippen molar-refractivity contribution in [1.29, 1.82) is 0 Å². The maximum absolute atomic E-state index is 12.0. The molecule has 3 heteroatoms. The van der Waals surface area contributed by atoms with Crippen LogP contribution >= 0.6 is 0 Å². The van der Waals surface area contributed by atoms with Crippen LogP contribution in [0.1, 0.15) is 46.0 Å². The Morgan fingerprint density at radius 3 is 2.47 bits per heavy atom. The molecule has 15 heavy (non-hydrogen) atoms. The van der Waals surface area contributed by atoms with Gasteiger partial charge in [-0.25, -0.2) is 0 Å². The SMILES string of the molecule is CC1(C)CCCC1NC(=O)C1(CN)CC1. The lowest BCUT2D eigenvalue weighted by Crippen LogP contribution is -2.46. The van der Waals surface area contributed by atoms with E-state index in [-0.39, 0.29) is 16.7 Å². The molecule has 2 aliphatic carbocycles. The van der Waals surface area contributed by atoms with Crippen molar-refractivity contribution < 1.29 is 4.79 Å². The molecule has 0 aromatic rings. The fourth-order valence-corrected chi connectivity index (χ4v) is 2.58. The lowest BCUT2D eigenvalue weighted by Gasteiger charge is -2.29. The summed E-state index contributed by atoms with van der Waals surface area (Å²) in [6.45, 7) is 4.99. The molecule has 2 fully saturated rings. The van der Waals surface area contributed by atoms with Gasteiger partial charge < -0.3 is 11.1 Å². The monoisotopic (exact) mass is 210 g/mol. The summed E-state index contributed by atoms with van der Waals surface area (Å²) in [5.74, 6) is 0.199. The fraction of sp³-hybridized carbons (Fsp3) is 0.917. The van der Waals surface area contributed by atoms with Crippen molar-refractivity contribution in [3.8, 4) is 0 Å². The minimum absolute atomic E-state index is 0.196. The van der Waals surface area contributed by atoms with Crippen molar-refractivity contribution in [2.75, 3.05) is 6.54 Å². The summed E-state index contributed by atoms with van der Waals surface area (Å²) in [6.07, 6.45) is 5.52. The topological polar surface area (TPSA) is 55.1 Å². The first-order valence-corrected chi connectivity index (χ1v) is 6.01. The molecule has 2 saturated carbocycles. The maximum atomic E-state index is 12.0. The fourth-order valence-electron chi connectivity index (χ4n) is 2.58. The normalized spacial score (nSPS) is 31.3. The Balaban J connectivity index is 1.95. The molecule has 0 heterocycles. The molecule has 3 nitrogen and oxygen atoms in total. The van der Waals surface area contributed by atoms with E-state index in [0.29, 0.717) is 12.6 Å². The molecule has 3 N–H and O–H groups in total. The van der Waals surface area contributed by atoms with E-state index in [9.17, 15) is 4.79 Å². The van der Waals surface area contributed by atoms with E-state index in [4.69, 9.17) is 5.73 Å². The van der Waals surface area contributed by atoms with Gasteiger partial charge in [-0.2, -0.15) is 0 Å². The first-order chi connectivity index (χ1) is 7.00. The molecule has 0 radical (unpaired) electrons. The molecule has 1 amide bonds. The molecular weight excluding hydrogens is 188 g/mol. The number of carbonyl (C=O) groups excluding carboxylic acids is 1. The highest BCUT2D eigenvalue weighted by molar-refractivity contribution is 5.85. The van der Waals surface area contributed by atoms with Gasteiger partial charge in [0.25, 0.3) is 0 Å². The summed E-state index contributed by atoms with van der Waals surface area (Å²) < 4.78 is 0. The van der Waals surface area contributed by atoms with Crippen LogP contribution in [0, 0.1) is 10.8 Å². The summed E-state index contributed by atoms with van der Waals surface area (Å²) >= 11 is 0. The first kappa shape index (κ1) is 10.9. The lowest BCUT2D eigenvalue weighted by atomic mass is 9.87. The van der Waals surface area contributed by atoms with Crippen LogP contribution in [0.5, 0.6) is 0 Å². The van der Waals surface area contributed by atoms with Crippen LogP contribution in [0.25, 0.3) is 0 Å². The van der Waals surface area contributed by atoms with Gasteiger partial charge >= 0.3 is 0 Å². The molecular formula is C12H22N2O.